The third-order valence-electron chi connectivity index (χ3n) is 5.57. The molecule has 0 aliphatic carbocycles. The first kappa shape index (κ1) is 18.0. The van der Waals surface area contributed by atoms with Crippen molar-refractivity contribution in [3.05, 3.63) is 53.9 Å². The lowest BCUT2D eigenvalue weighted by atomic mass is 9.96. The number of anilines is 1. The zero-order valence-electron chi connectivity index (χ0n) is 16.2. The average molecular weight is 366 g/mol. The molecule has 4 rings (SSSR count). The Labute approximate surface area is 160 Å². The van der Waals surface area contributed by atoms with Crippen molar-refractivity contribution < 1.29 is 4.39 Å². The molecule has 2 aromatic heterocycles. The predicted octanol–water partition coefficient (Wildman–Crippen LogP) is 5.06. The Morgan fingerprint density at radius 1 is 1.26 bits per heavy atom. The first-order valence-electron chi connectivity index (χ1n) is 9.98. The number of nitrogens with zero attached hydrogens (tertiary/aromatic N) is 4. The number of hydrogen-bond donors (Lipinski definition) is 0. The molecule has 3 heterocycles. The van der Waals surface area contributed by atoms with Crippen LogP contribution in [-0.2, 0) is 6.54 Å². The molecule has 5 heteroatoms. The molecule has 0 saturated carbocycles. The SMILES string of the molecule is CCCCn1ccnc1C1CCCN(c2cc(C)c3cc(F)ccc3n2)C1. The highest BCUT2D eigenvalue weighted by Crippen LogP contribution is 2.30. The summed E-state index contributed by atoms with van der Waals surface area (Å²) in [7, 11) is 0. The second-order valence-corrected chi connectivity index (χ2v) is 7.58. The Morgan fingerprint density at radius 2 is 2.15 bits per heavy atom. The number of unbranched alkanes of at least 4 members (excludes halogenated alkanes) is 1. The molecule has 0 spiro atoms. The third kappa shape index (κ3) is 3.68. The zero-order chi connectivity index (χ0) is 18.8. The van der Waals surface area contributed by atoms with Crippen molar-refractivity contribution in [2.75, 3.05) is 18.0 Å². The molecule has 3 aromatic rings. The smallest absolute Gasteiger partial charge is 0.129 e. The molecule has 1 aliphatic rings. The Balaban J connectivity index is 1.59. The highest BCUT2D eigenvalue weighted by Gasteiger charge is 2.25. The number of benzene rings is 1. The van der Waals surface area contributed by atoms with E-state index in [2.05, 4.69) is 33.6 Å². The van der Waals surface area contributed by atoms with E-state index in [0.29, 0.717) is 5.92 Å². The minimum absolute atomic E-state index is 0.211. The topological polar surface area (TPSA) is 34.0 Å². The van der Waals surface area contributed by atoms with Crippen molar-refractivity contribution >= 4 is 16.7 Å². The van der Waals surface area contributed by atoms with Crippen LogP contribution in [0.4, 0.5) is 10.2 Å². The van der Waals surface area contributed by atoms with Gasteiger partial charge in [0.05, 0.1) is 5.52 Å². The number of hydrogen-bond acceptors (Lipinski definition) is 3. The largest absolute Gasteiger partial charge is 0.356 e. The molecule has 1 aromatic carbocycles. The Kier molecular flexibility index (Phi) is 5.10. The van der Waals surface area contributed by atoms with Crippen LogP contribution in [0.1, 0.15) is 49.9 Å². The normalized spacial score (nSPS) is 17.6. The number of piperidine rings is 1. The number of fused-ring (bicyclic) bond motifs is 1. The second-order valence-electron chi connectivity index (χ2n) is 7.58. The van der Waals surface area contributed by atoms with Crippen molar-refractivity contribution in [3.63, 3.8) is 0 Å². The van der Waals surface area contributed by atoms with Gasteiger partial charge in [-0.3, -0.25) is 0 Å². The third-order valence-corrected chi connectivity index (χ3v) is 5.57. The average Bonchev–Trinajstić information content (AvgIpc) is 3.15. The van der Waals surface area contributed by atoms with E-state index in [0.717, 1.165) is 54.8 Å². The highest BCUT2D eigenvalue weighted by molar-refractivity contribution is 5.84. The van der Waals surface area contributed by atoms with E-state index in [1.54, 1.807) is 12.1 Å². The maximum atomic E-state index is 13.6. The molecule has 4 nitrogen and oxygen atoms in total. The number of rotatable bonds is 5. The van der Waals surface area contributed by atoms with Crippen molar-refractivity contribution in [1.29, 1.82) is 0 Å². The summed E-state index contributed by atoms with van der Waals surface area (Å²) in [6, 6.07) is 6.93. The fraction of sp³-hybridized carbons (Fsp3) is 0.455. The van der Waals surface area contributed by atoms with Gasteiger partial charge in [0.2, 0.25) is 0 Å². The van der Waals surface area contributed by atoms with Gasteiger partial charge in [-0.25, -0.2) is 14.4 Å². The summed E-state index contributed by atoms with van der Waals surface area (Å²) in [5, 5.41) is 0.891. The van der Waals surface area contributed by atoms with E-state index in [-0.39, 0.29) is 5.82 Å². The molecule has 1 unspecified atom stereocenters. The highest BCUT2D eigenvalue weighted by atomic mass is 19.1. The van der Waals surface area contributed by atoms with Gasteiger partial charge in [0.25, 0.3) is 0 Å². The second kappa shape index (κ2) is 7.67. The van der Waals surface area contributed by atoms with Gasteiger partial charge in [0, 0.05) is 43.3 Å². The lowest BCUT2D eigenvalue weighted by Gasteiger charge is -2.34. The van der Waals surface area contributed by atoms with Gasteiger partial charge in [-0.1, -0.05) is 13.3 Å². The standard InChI is InChI=1S/C22H27FN4/c1-3-4-10-26-12-9-24-22(26)17-6-5-11-27(15-17)21-13-16(2)19-14-18(23)7-8-20(19)25-21/h7-9,12-14,17H,3-6,10-11,15H2,1-2H3. The molecule has 1 atom stereocenters. The van der Waals surface area contributed by atoms with E-state index in [1.807, 2.05) is 13.1 Å². The summed E-state index contributed by atoms with van der Waals surface area (Å²) in [5.41, 5.74) is 1.93. The lowest BCUT2D eigenvalue weighted by Crippen LogP contribution is -2.36. The van der Waals surface area contributed by atoms with Crippen molar-refractivity contribution in [1.82, 2.24) is 14.5 Å². The van der Waals surface area contributed by atoms with Crippen LogP contribution in [0.3, 0.4) is 0 Å². The van der Waals surface area contributed by atoms with Crippen LogP contribution in [0.2, 0.25) is 0 Å². The first-order valence-corrected chi connectivity index (χ1v) is 9.98. The summed E-state index contributed by atoms with van der Waals surface area (Å²) >= 11 is 0. The summed E-state index contributed by atoms with van der Waals surface area (Å²) in [4.78, 5) is 11.9. The number of aromatic nitrogens is 3. The molecular weight excluding hydrogens is 339 g/mol. The molecule has 1 saturated heterocycles. The monoisotopic (exact) mass is 366 g/mol. The van der Waals surface area contributed by atoms with E-state index in [1.165, 1.54) is 24.7 Å². The predicted molar refractivity (Wildman–Crippen MR) is 108 cm³/mol. The lowest BCUT2D eigenvalue weighted by molar-refractivity contribution is 0.464. The van der Waals surface area contributed by atoms with E-state index in [9.17, 15) is 4.39 Å². The summed E-state index contributed by atoms with van der Waals surface area (Å²) < 4.78 is 15.9. The van der Waals surface area contributed by atoms with Crippen LogP contribution in [0.15, 0.2) is 36.7 Å². The van der Waals surface area contributed by atoms with Crippen LogP contribution in [-0.4, -0.2) is 27.6 Å². The van der Waals surface area contributed by atoms with Crippen LogP contribution in [0.5, 0.6) is 0 Å². The Morgan fingerprint density at radius 3 is 3.00 bits per heavy atom. The number of imidazole rings is 1. The maximum absolute atomic E-state index is 13.6. The van der Waals surface area contributed by atoms with Crippen molar-refractivity contribution in [2.45, 2.75) is 52.0 Å². The quantitative estimate of drug-likeness (QED) is 0.633. The molecule has 0 N–H and O–H groups in total. The number of halogens is 1. The summed E-state index contributed by atoms with van der Waals surface area (Å²) in [6.45, 7) is 7.24. The molecule has 1 fully saturated rings. The molecule has 142 valence electrons. The summed E-state index contributed by atoms with van der Waals surface area (Å²) in [6.07, 6.45) is 8.70. The van der Waals surface area contributed by atoms with Gasteiger partial charge in [-0.15, -0.1) is 0 Å². The van der Waals surface area contributed by atoms with Gasteiger partial charge in [0.15, 0.2) is 0 Å². The molecule has 0 amide bonds. The molecule has 27 heavy (non-hydrogen) atoms. The fourth-order valence-corrected chi connectivity index (χ4v) is 4.10. The zero-order valence-corrected chi connectivity index (χ0v) is 16.2. The summed E-state index contributed by atoms with van der Waals surface area (Å²) in [5.74, 6) is 2.41. The van der Waals surface area contributed by atoms with E-state index < -0.39 is 0 Å². The van der Waals surface area contributed by atoms with Crippen LogP contribution >= 0.6 is 0 Å². The van der Waals surface area contributed by atoms with Crippen LogP contribution in [0, 0.1) is 12.7 Å². The molecule has 1 aliphatic heterocycles. The minimum atomic E-state index is -0.211. The Bertz CT molecular complexity index is 933. The minimum Gasteiger partial charge on any atom is -0.356 e. The molecule has 0 bridgehead atoms. The van der Waals surface area contributed by atoms with Gasteiger partial charge in [-0.2, -0.15) is 0 Å². The van der Waals surface area contributed by atoms with Gasteiger partial charge in [0.1, 0.15) is 17.5 Å². The van der Waals surface area contributed by atoms with Crippen molar-refractivity contribution in [2.24, 2.45) is 0 Å². The molecule has 0 radical (unpaired) electrons. The van der Waals surface area contributed by atoms with Crippen LogP contribution < -0.4 is 4.90 Å². The molecular formula is C22H27FN4. The van der Waals surface area contributed by atoms with Crippen molar-refractivity contribution in [3.8, 4) is 0 Å². The van der Waals surface area contributed by atoms with Gasteiger partial charge < -0.3 is 9.47 Å². The van der Waals surface area contributed by atoms with E-state index >= 15 is 0 Å². The van der Waals surface area contributed by atoms with Gasteiger partial charge >= 0.3 is 0 Å². The van der Waals surface area contributed by atoms with E-state index in [4.69, 9.17) is 4.98 Å². The van der Waals surface area contributed by atoms with Gasteiger partial charge in [-0.05, 0) is 56.0 Å². The number of aryl methyl sites for hydroxylation is 2. The van der Waals surface area contributed by atoms with Crippen LogP contribution in [0.25, 0.3) is 10.9 Å². The first-order chi connectivity index (χ1) is 13.2. The Hall–Kier alpha value is -2.43. The maximum Gasteiger partial charge on any atom is 0.129 e. The fourth-order valence-electron chi connectivity index (χ4n) is 4.10. The number of pyridine rings is 1.